The van der Waals surface area contributed by atoms with Crippen LogP contribution in [0.4, 0.5) is 0 Å². The highest BCUT2D eigenvalue weighted by atomic mass is 14.5. The minimum atomic E-state index is 1.01. The van der Waals surface area contributed by atoms with Crippen LogP contribution in [-0.2, 0) is 0 Å². The zero-order valence-electron chi connectivity index (χ0n) is 6.29. The fourth-order valence-electron chi connectivity index (χ4n) is 2.89. The highest BCUT2D eigenvalue weighted by molar-refractivity contribution is 5.10. The van der Waals surface area contributed by atoms with Crippen molar-refractivity contribution < 1.29 is 0 Å². The molecule has 0 aliphatic heterocycles. The van der Waals surface area contributed by atoms with Gasteiger partial charge in [-0.15, -0.1) is 0 Å². The number of fused-ring (bicyclic) bond motifs is 1. The molecule has 0 heterocycles. The van der Waals surface area contributed by atoms with Crippen molar-refractivity contribution in [1.29, 1.82) is 0 Å². The van der Waals surface area contributed by atoms with E-state index in [4.69, 9.17) is 0 Å². The van der Waals surface area contributed by atoms with Gasteiger partial charge in [0, 0.05) is 0 Å². The van der Waals surface area contributed by atoms with Gasteiger partial charge >= 0.3 is 0 Å². The molecule has 0 heteroatoms. The quantitative estimate of drug-likeness (QED) is 0.483. The van der Waals surface area contributed by atoms with E-state index < -0.39 is 0 Å². The molecule has 3 aliphatic rings. The van der Waals surface area contributed by atoms with Gasteiger partial charge in [0.2, 0.25) is 0 Å². The summed E-state index contributed by atoms with van der Waals surface area (Å²) in [6.07, 6.45) is 10.8. The zero-order chi connectivity index (χ0) is 6.55. The molecule has 0 N–H and O–H groups in total. The Morgan fingerprint density at radius 1 is 1.10 bits per heavy atom. The standard InChI is InChI=1S/C10H14/c1-2-7(3-1)9-5-4-8-6-10(8)9/h1-2,7-10H,3-6H2. The third-order valence-corrected chi connectivity index (χ3v) is 3.74. The molecular formula is C10H14. The highest BCUT2D eigenvalue weighted by Crippen LogP contribution is 2.59. The Labute approximate surface area is 62.3 Å². The number of rotatable bonds is 1. The third kappa shape index (κ3) is 0.574. The summed E-state index contributed by atoms with van der Waals surface area (Å²) in [5.41, 5.74) is 0. The SMILES string of the molecule is C1=CC(C2CCC3CC32)C1. The van der Waals surface area contributed by atoms with Crippen LogP contribution in [0.2, 0.25) is 0 Å². The summed E-state index contributed by atoms with van der Waals surface area (Å²) in [5.74, 6) is 4.49. The number of allylic oxidation sites excluding steroid dienone is 2. The van der Waals surface area contributed by atoms with Crippen LogP contribution < -0.4 is 0 Å². The summed E-state index contributed by atoms with van der Waals surface area (Å²) in [6.45, 7) is 0. The average Bonchev–Trinajstić information content (AvgIpc) is 2.48. The van der Waals surface area contributed by atoms with E-state index in [1.807, 2.05) is 0 Å². The summed E-state index contributed by atoms with van der Waals surface area (Å²) in [5, 5.41) is 0. The first kappa shape index (κ1) is 5.40. The molecule has 0 bridgehead atoms. The summed E-state index contributed by atoms with van der Waals surface area (Å²) >= 11 is 0. The highest BCUT2D eigenvalue weighted by Gasteiger charge is 2.50. The normalized spacial score (nSPS) is 56.0. The monoisotopic (exact) mass is 134 g/mol. The van der Waals surface area contributed by atoms with Crippen LogP contribution in [0.15, 0.2) is 12.2 Å². The van der Waals surface area contributed by atoms with Gasteiger partial charge in [0.05, 0.1) is 0 Å². The Bertz CT molecular complexity index is 180. The first-order valence-electron chi connectivity index (χ1n) is 4.62. The summed E-state index contributed by atoms with van der Waals surface area (Å²) in [7, 11) is 0. The van der Waals surface area contributed by atoms with Crippen molar-refractivity contribution in [2.45, 2.75) is 25.7 Å². The van der Waals surface area contributed by atoms with Gasteiger partial charge in [-0.1, -0.05) is 12.2 Å². The molecule has 0 radical (unpaired) electrons. The first-order valence-corrected chi connectivity index (χ1v) is 4.62. The molecule has 0 nitrogen and oxygen atoms in total. The predicted octanol–water partition coefficient (Wildman–Crippen LogP) is 2.61. The lowest BCUT2D eigenvalue weighted by molar-refractivity contribution is 0.343. The predicted molar refractivity (Wildman–Crippen MR) is 41.6 cm³/mol. The lowest BCUT2D eigenvalue weighted by Crippen LogP contribution is -2.16. The lowest BCUT2D eigenvalue weighted by Gasteiger charge is -2.25. The number of hydrogen-bond donors (Lipinski definition) is 0. The maximum atomic E-state index is 2.44. The molecule has 0 spiro atoms. The maximum Gasteiger partial charge on any atom is -0.0168 e. The Morgan fingerprint density at radius 2 is 2.00 bits per heavy atom. The van der Waals surface area contributed by atoms with Crippen molar-refractivity contribution in [3.8, 4) is 0 Å². The van der Waals surface area contributed by atoms with Gasteiger partial charge in [0.1, 0.15) is 0 Å². The number of hydrogen-bond acceptors (Lipinski definition) is 0. The van der Waals surface area contributed by atoms with E-state index in [1.54, 1.807) is 19.3 Å². The van der Waals surface area contributed by atoms with Crippen molar-refractivity contribution in [2.75, 3.05) is 0 Å². The smallest absolute Gasteiger partial charge is 0.0168 e. The van der Waals surface area contributed by atoms with Crippen molar-refractivity contribution >= 4 is 0 Å². The molecule has 54 valence electrons. The first-order chi connectivity index (χ1) is 4.95. The fourth-order valence-corrected chi connectivity index (χ4v) is 2.89. The van der Waals surface area contributed by atoms with E-state index in [1.165, 1.54) is 18.3 Å². The van der Waals surface area contributed by atoms with Gasteiger partial charge in [-0.2, -0.15) is 0 Å². The molecular weight excluding hydrogens is 120 g/mol. The second-order valence-electron chi connectivity index (χ2n) is 4.23. The second-order valence-corrected chi connectivity index (χ2v) is 4.23. The third-order valence-electron chi connectivity index (χ3n) is 3.74. The van der Waals surface area contributed by atoms with Crippen LogP contribution in [0.25, 0.3) is 0 Å². The molecule has 4 unspecified atom stereocenters. The minimum Gasteiger partial charge on any atom is -0.0876 e. The van der Waals surface area contributed by atoms with Crippen LogP contribution in [0.1, 0.15) is 25.7 Å². The van der Waals surface area contributed by atoms with Gasteiger partial charge < -0.3 is 0 Å². The zero-order valence-corrected chi connectivity index (χ0v) is 6.29. The van der Waals surface area contributed by atoms with Gasteiger partial charge in [-0.25, -0.2) is 0 Å². The van der Waals surface area contributed by atoms with Gasteiger partial charge in [0.25, 0.3) is 0 Å². The van der Waals surface area contributed by atoms with Crippen molar-refractivity contribution in [3.63, 3.8) is 0 Å². The molecule has 0 aromatic rings. The van der Waals surface area contributed by atoms with E-state index in [0.29, 0.717) is 0 Å². The summed E-state index contributed by atoms with van der Waals surface area (Å²) < 4.78 is 0. The molecule has 10 heavy (non-hydrogen) atoms. The maximum absolute atomic E-state index is 2.44. The molecule has 0 aromatic carbocycles. The van der Waals surface area contributed by atoms with Crippen LogP contribution >= 0.6 is 0 Å². The Kier molecular flexibility index (Phi) is 0.898. The Balaban J connectivity index is 1.75. The van der Waals surface area contributed by atoms with E-state index in [0.717, 1.165) is 11.8 Å². The minimum absolute atomic E-state index is 1.01. The van der Waals surface area contributed by atoms with Crippen LogP contribution in [0.5, 0.6) is 0 Å². The van der Waals surface area contributed by atoms with E-state index >= 15 is 0 Å². The molecule has 2 saturated carbocycles. The Morgan fingerprint density at radius 3 is 2.40 bits per heavy atom. The van der Waals surface area contributed by atoms with Gasteiger partial charge in [-0.05, 0) is 49.4 Å². The molecule has 3 aliphatic carbocycles. The molecule has 4 atom stereocenters. The summed E-state index contributed by atoms with van der Waals surface area (Å²) in [4.78, 5) is 0. The van der Waals surface area contributed by atoms with E-state index in [2.05, 4.69) is 12.2 Å². The lowest BCUT2D eigenvalue weighted by atomic mass is 9.80. The molecule has 0 saturated heterocycles. The van der Waals surface area contributed by atoms with E-state index in [9.17, 15) is 0 Å². The summed E-state index contributed by atoms with van der Waals surface area (Å²) in [6, 6.07) is 0. The molecule has 3 rings (SSSR count). The Hall–Kier alpha value is -0.260. The van der Waals surface area contributed by atoms with E-state index in [-0.39, 0.29) is 0 Å². The molecule has 0 aromatic heterocycles. The second kappa shape index (κ2) is 1.66. The molecule has 2 fully saturated rings. The molecule has 0 amide bonds. The topological polar surface area (TPSA) is 0 Å². The fraction of sp³-hybridized carbons (Fsp3) is 0.800. The largest absolute Gasteiger partial charge is 0.0876 e. The van der Waals surface area contributed by atoms with Crippen molar-refractivity contribution in [2.24, 2.45) is 23.7 Å². The van der Waals surface area contributed by atoms with Crippen LogP contribution in [0, 0.1) is 23.7 Å². The van der Waals surface area contributed by atoms with Crippen LogP contribution in [-0.4, -0.2) is 0 Å². The average molecular weight is 134 g/mol. The van der Waals surface area contributed by atoms with Crippen molar-refractivity contribution in [3.05, 3.63) is 12.2 Å². The van der Waals surface area contributed by atoms with Gasteiger partial charge in [0.15, 0.2) is 0 Å². The van der Waals surface area contributed by atoms with Crippen molar-refractivity contribution in [1.82, 2.24) is 0 Å². The van der Waals surface area contributed by atoms with Gasteiger partial charge in [-0.3, -0.25) is 0 Å². The van der Waals surface area contributed by atoms with Crippen LogP contribution in [0.3, 0.4) is 0 Å².